The van der Waals surface area contributed by atoms with Gasteiger partial charge in [0.25, 0.3) is 0 Å². The van der Waals surface area contributed by atoms with Crippen LogP contribution in [0.5, 0.6) is 0 Å². The van der Waals surface area contributed by atoms with Crippen molar-refractivity contribution < 1.29 is 23.9 Å². The van der Waals surface area contributed by atoms with Gasteiger partial charge in [0, 0.05) is 57.7 Å². The first-order valence-corrected chi connectivity index (χ1v) is 17.1. The topological polar surface area (TPSA) is 100 Å². The summed E-state index contributed by atoms with van der Waals surface area (Å²) < 4.78 is 11.4. The van der Waals surface area contributed by atoms with Crippen molar-refractivity contribution in [2.75, 3.05) is 51.7 Å². The highest BCUT2D eigenvalue weighted by molar-refractivity contribution is 5.91. The molecule has 1 aliphatic carbocycles. The molecule has 1 saturated heterocycles. The Labute approximate surface area is 288 Å². The van der Waals surface area contributed by atoms with Gasteiger partial charge in [-0.25, -0.2) is 9.59 Å². The van der Waals surface area contributed by atoms with Crippen LogP contribution in [0.25, 0.3) is 22.3 Å². The summed E-state index contributed by atoms with van der Waals surface area (Å²) in [5.41, 5.74) is 7.43. The number of benzene rings is 4. The standard InChI is InChI=1S/C40H44N4O5/c1-43(24-11-23-41-39(46)48-28-36-34-17-7-5-15-32(34)33-16-6-8-18-35(33)36)38(45)22-27-44-25-20-30(21-26-44)49-40(47)42-37-19-10-9-14-31(37)29-12-3-2-4-13-29/h2-10,12-19,30,36H,11,20-28H2,1H3,(H,41,46)(H,42,47). The number of amides is 3. The Morgan fingerprint density at radius 1 is 0.776 bits per heavy atom. The van der Waals surface area contributed by atoms with Gasteiger partial charge in [0.2, 0.25) is 5.91 Å². The van der Waals surface area contributed by atoms with E-state index in [0.29, 0.717) is 38.2 Å². The second-order valence-electron chi connectivity index (χ2n) is 12.7. The number of hydrogen-bond donors (Lipinski definition) is 2. The molecule has 0 spiro atoms. The molecule has 9 heteroatoms. The zero-order valence-corrected chi connectivity index (χ0v) is 28.0. The van der Waals surface area contributed by atoms with E-state index in [4.69, 9.17) is 9.47 Å². The second kappa shape index (κ2) is 16.3. The number of alkyl carbamates (subject to hydrolysis) is 1. The lowest BCUT2D eigenvalue weighted by Gasteiger charge is -2.31. The largest absolute Gasteiger partial charge is 0.449 e. The van der Waals surface area contributed by atoms with Crippen molar-refractivity contribution in [3.8, 4) is 22.3 Å². The second-order valence-corrected chi connectivity index (χ2v) is 12.7. The molecule has 9 nitrogen and oxygen atoms in total. The summed E-state index contributed by atoms with van der Waals surface area (Å²) in [5.74, 6) is 0.0871. The summed E-state index contributed by atoms with van der Waals surface area (Å²) in [6.07, 6.45) is 1.43. The maximum absolute atomic E-state index is 12.8. The minimum atomic E-state index is -0.452. The number of fused-ring (bicyclic) bond motifs is 3. The Morgan fingerprint density at radius 3 is 2.08 bits per heavy atom. The minimum absolute atomic E-state index is 0.0213. The van der Waals surface area contributed by atoms with E-state index in [1.54, 1.807) is 11.9 Å². The summed E-state index contributed by atoms with van der Waals surface area (Å²) >= 11 is 0. The van der Waals surface area contributed by atoms with Crippen molar-refractivity contribution in [2.24, 2.45) is 0 Å². The van der Waals surface area contributed by atoms with Crippen LogP contribution in [-0.2, 0) is 14.3 Å². The Morgan fingerprint density at radius 2 is 1.39 bits per heavy atom. The van der Waals surface area contributed by atoms with Gasteiger partial charge >= 0.3 is 12.2 Å². The number of piperidine rings is 1. The fourth-order valence-corrected chi connectivity index (χ4v) is 6.73. The van der Waals surface area contributed by atoms with Crippen molar-refractivity contribution in [1.82, 2.24) is 15.1 Å². The fourth-order valence-electron chi connectivity index (χ4n) is 6.73. The van der Waals surface area contributed by atoms with Crippen LogP contribution in [0.2, 0.25) is 0 Å². The van der Waals surface area contributed by atoms with Crippen molar-refractivity contribution in [1.29, 1.82) is 0 Å². The zero-order chi connectivity index (χ0) is 34.0. The molecular weight excluding hydrogens is 616 g/mol. The monoisotopic (exact) mass is 660 g/mol. The van der Waals surface area contributed by atoms with E-state index in [0.717, 1.165) is 37.1 Å². The van der Waals surface area contributed by atoms with Crippen molar-refractivity contribution in [2.45, 2.75) is 37.7 Å². The van der Waals surface area contributed by atoms with Gasteiger partial charge in [0.15, 0.2) is 0 Å². The van der Waals surface area contributed by atoms with Crippen LogP contribution in [0, 0.1) is 0 Å². The smallest absolute Gasteiger partial charge is 0.411 e. The molecule has 1 heterocycles. The van der Waals surface area contributed by atoms with Crippen LogP contribution in [0.15, 0.2) is 103 Å². The number of carbonyl (C=O) groups excluding carboxylic acids is 3. The first kappa shape index (κ1) is 33.7. The molecule has 0 aromatic heterocycles. The third-order valence-corrected chi connectivity index (χ3v) is 9.41. The number of likely N-dealkylation sites (tertiary alicyclic amines) is 1. The minimum Gasteiger partial charge on any atom is -0.449 e. The highest BCUT2D eigenvalue weighted by Gasteiger charge is 2.29. The van der Waals surface area contributed by atoms with Crippen molar-refractivity contribution in [3.63, 3.8) is 0 Å². The molecule has 254 valence electrons. The summed E-state index contributed by atoms with van der Waals surface area (Å²) in [6.45, 7) is 3.43. The van der Waals surface area contributed by atoms with Crippen LogP contribution < -0.4 is 10.6 Å². The lowest BCUT2D eigenvalue weighted by molar-refractivity contribution is -0.130. The zero-order valence-electron chi connectivity index (χ0n) is 28.0. The molecule has 0 bridgehead atoms. The average molecular weight is 661 g/mol. The van der Waals surface area contributed by atoms with Gasteiger partial charge in [-0.3, -0.25) is 10.1 Å². The first-order chi connectivity index (χ1) is 24.0. The molecule has 3 amide bonds. The molecule has 4 aromatic carbocycles. The Balaban J connectivity index is 0.841. The van der Waals surface area contributed by atoms with Crippen LogP contribution in [0.3, 0.4) is 0 Å². The lowest BCUT2D eigenvalue weighted by atomic mass is 9.98. The number of carbonyl (C=O) groups is 3. The highest BCUT2D eigenvalue weighted by atomic mass is 16.6. The molecule has 4 aromatic rings. The number of ether oxygens (including phenoxy) is 2. The highest BCUT2D eigenvalue weighted by Crippen LogP contribution is 2.44. The maximum Gasteiger partial charge on any atom is 0.411 e. The van der Waals surface area contributed by atoms with Gasteiger partial charge in [-0.15, -0.1) is 0 Å². The van der Waals surface area contributed by atoms with Gasteiger partial charge in [-0.2, -0.15) is 0 Å². The molecule has 0 atom stereocenters. The van der Waals surface area contributed by atoms with E-state index in [2.05, 4.69) is 39.8 Å². The summed E-state index contributed by atoms with van der Waals surface area (Å²) in [4.78, 5) is 41.9. The number of nitrogens with zero attached hydrogens (tertiary/aromatic N) is 2. The fraction of sp³-hybridized carbons (Fsp3) is 0.325. The van der Waals surface area contributed by atoms with E-state index < -0.39 is 12.2 Å². The molecule has 6 rings (SSSR count). The van der Waals surface area contributed by atoms with Crippen molar-refractivity contribution >= 4 is 23.8 Å². The van der Waals surface area contributed by atoms with Crippen LogP contribution in [-0.4, -0.2) is 80.4 Å². The van der Waals surface area contributed by atoms with E-state index in [1.807, 2.05) is 78.9 Å². The van der Waals surface area contributed by atoms with Gasteiger partial charge in [0.05, 0.1) is 5.69 Å². The molecule has 0 saturated carbocycles. The Kier molecular flexibility index (Phi) is 11.2. The van der Waals surface area contributed by atoms with Gasteiger partial charge in [-0.1, -0.05) is 97.1 Å². The molecule has 2 aliphatic rings. The summed E-state index contributed by atoms with van der Waals surface area (Å²) in [5, 5.41) is 5.74. The number of anilines is 1. The third kappa shape index (κ3) is 8.66. The SMILES string of the molecule is CN(CCCNC(=O)OCC1c2ccccc2-c2ccccc21)C(=O)CCN1CCC(OC(=O)Nc2ccccc2-c2ccccc2)CC1. The maximum atomic E-state index is 12.8. The molecule has 1 fully saturated rings. The first-order valence-electron chi connectivity index (χ1n) is 17.1. The van der Waals surface area contributed by atoms with Gasteiger partial charge in [0.1, 0.15) is 12.7 Å². The van der Waals surface area contributed by atoms with E-state index >= 15 is 0 Å². The predicted molar refractivity (Wildman–Crippen MR) is 191 cm³/mol. The van der Waals surface area contributed by atoms with Crippen LogP contribution >= 0.6 is 0 Å². The Bertz CT molecular complexity index is 1690. The van der Waals surface area contributed by atoms with Crippen LogP contribution in [0.1, 0.15) is 42.7 Å². The number of rotatable bonds is 12. The lowest BCUT2D eigenvalue weighted by Crippen LogP contribution is -2.40. The van der Waals surface area contributed by atoms with Crippen LogP contribution in [0.4, 0.5) is 15.3 Å². The number of nitrogens with one attached hydrogen (secondary N) is 2. The normalized spacial score (nSPS) is 14.4. The molecule has 0 unspecified atom stereocenters. The number of hydrogen-bond acceptors (Lipinski definition) is 6. The molecule has 1 aliphatic heterocycles. The van der Waals surface area contributed by atoms with E-state index in [-0.39, 0.29) is 24.5 Å². The van der Waals surface area contributed by atoms with Gasteiger partial charge in [-0.05, 0) is 53.1 Å². The molecule has 0 radical (unpaired) electrons. The van der Waals surface area contributed by atoms with E-state index in [9.17, 15) is 14.4 Å². The molecule has 49 heavy (non-hydrogen) atoms. The predicted octanol–water partition coefficient (Wildman–Crippen LogP) is 7.14. The summed E-state index contributed by atoms with van der Waals surface area (Å²) in [7, 11) is 1.80. The average Bonchev–Trinajstić information content (AvgIpc) is 3.46. The van der Waals surface area contributed by atoms with E-state index in [1.165, 1.54) is 22.3 Å². The third-order valence-electron chi connectivity index (χ3n) is 9.41. The molecular formula is C40H44N4O5. The van der Waals surface area contributed by atoms with Gasteiger partial charge < -0.3 is 24.6 Å². The summed E-state index contributed by atoms with van der Waals surface area (Å²) in [6, 6.07) is 34.1. The Hall–Kier alpha value is -5.15. The molecule has 2 N–H and O–H groups in total. The van der Waals surface area contributed by atoms with Crippen molar-refractivity contribution in [3.05, 3.63) is 114 Å². The quantitative estimate of drug-likeness (QED) is 0.157. The number of para-hydroxylation sites is 1.